The number of ether oxygens (including phenoxy) is 8. The average Bonchev–Trinajstić information content (AvgIpc) is 3.80. The maximum Gasteiger partial charge on any atom is 0.335 e. The number of fused-ring (bicyclic) bond motifs is 1. The number of allylic oxidation sites excluding steroid dienone is 4. The number of rotatable bonds is 25. The van der Waals surface area contributed by atoms with Crippen LogP contribution in [0.1, 0.15) is 208 Å². The van der Waals surface area contributed by atoms with Crippen molar-refractivity contribution in [3.63, 3.8) is 0 Å². The highest BCUT2D eigenvalue weighted by molar-refractivity contribution is 5.76. The third kappa shape index (κ3) is 16.0. The van der Waals surface area contributed by atoms with E-state index in [-0.39, 0.29) is 49.0 Å². The lowest BCUT2D eigenvalue weighted by molar-refractivity contribution is -0.326. The molecule has 7 aliphatic heterocycles. The summed E-state index contributed by atoms with van der Waals surface area (Å²) < 4.78 is 52.6. The number of aliphatic carboxylic acids is 1. The van der Waals surface area contributed by atoms with Gasteiger partial charge in [0.1, 0.15) is 18.3 Å². The van der Waals surface area contributed by atoms with Gasteiger partial charge in [-0.05, 0) is 134 Å². The summed E-state index contributed by atoms with van der Waals surface area (Å²) in [7, 11) is 0. The average molecular weight is 1070 g/mol. The Morgan fingerprint density at radius 3 is 2.37 bits per heavy atom. The molecule has 0 aromatic heterocycles. The molecule has 4 N–H and O–H groups in total. The van der Waals surface area contributed by atoms with Crippen LogP contribution in [0.2, 0.25) is 0 Å². The highest BCUT2D eigenvalue weighted by Gasteiger charge is 2.55. The number of carbonyl (C=O) groups is 2. The van der Waals surface area contributed by atoms with Crippen LogP contribution in [0.4, 0.5) is 0 Å². The number of esters is 1. The van der Waals surface area contributed by atoms with E-state index in [4.69, 9.17) is 37.9 Å². The first-order chi connectivity index (χ1) is 36.4. The molecule has 6 fully saturated rings. The first-order valence-corrected chi connectivity index (χ1v) is 29.9. The summed E-state index contributed by atoms with van der Waals surface area (Å²) in [4.78, 5) is 25.5. The molecule has 7 aliphatic rings. The second-order valence-electron chi connectivity index (χ2n) is 24.3. The zero-order chi connectivity index (χ0) is 54.5. The Morgan fingerprint density at radius 1 is 0.882 bits per heavy atom. The second kappa shape index (κ2) is 28.1. The Balaban J connectivity index is 0.889. The van der Waals surface area contributed by atoms with Crippen molar-refractivity contribution in [2.24, 2.45) is 17.8 Å². The molecule has 17 atom stereocenters. The molecular weight excluding hydrogens is 969 g/mol. The molecule has 6 saturated heterocycles. The van der Waals surface area contributed by atoms with E-state index in [1.165, 1.54) is 26.2 Å². The Hall–Kier alpha value is -2.76. The number of aliphatic hydroxyl groups excluding tert-OH is 2. The summed E-state index contributed by atoms with van der Waals surface area (Å²) in [5.41, 5.74) is -0.609. The van der Waals surface area contributed by atoms with Crippen LogP contribution in [0.25, 0.3) is 0 Å². The maximum atomic E-state index is 13.5. The zero-order valence-corrected chi connectivity index (χ0v) is 47.2. The van der Waals surface area contributed by atoms with Crippen molar-refractivity contribution in [1.29, 1.82) is 0 Å². The van der Waals surface area contributed by atoms with Crippen LogP contribution in [0, 0.1) is 17.8 Å². The van der Waals surface area contributed by atoms with Crippen LogP contribution in [0.5, 0.6) is 0 Å². The highest BCUT2D eigenvalue weighted by atomic mass is 16.7. The van der Waals surface area contributed by atoms with E-state index in [1.54, 1.807) is 0 Å². The van der Waals surface area contributed by atoms with Gasteiger partial charge < -0.3 is 58.3 Å². The van der Waals surface area contributed by atoms with E-state index in [2.05, 4.69) is 70.7 Å². The number of hydrogen-bond acceptors (Lipinski definition) is 13. The molecule has 14 heteroatoms. The van der Waals surface area contributed by atoms with Gasteiger partial charge in [0.2, 0.25) is 5.79 Å². The van der Waals surface area contributed by atoms with Crippen molar-refractivity contribution in [3.05, 3.63) is 60.3 Å². The lowest BCUT2D eigenvalue weighted by Crippen LogP contribution is -2.60. The van der Waals surface area contributed by atoms with Crippen molar-refractivity contribution >= 4 is 11.9 Å². The topological polar surface area (TPSA) is 189 Å². The number of carboxylic acids is 1. The molecule has 0 unspecified atom stereocenters. The largest absolute Gasteiger partial charge is 0.479 e. The van der Waals surface area contributed by atoms with Gasteiger partial charge in [-0.15, -0.1) is 0 Å². The lowest BCUT2D eigenvalue weighted by atomic mass is 9.81. The van der Waals surface area contributed by atoms with Crippen molar-refractivity contribution in [1.82, 2.24) is 0 Å². The van der Waals surface area contributed by atoms with E-state index in [0.29, 0.717) is 69.5 Å². The van der Waals surface area contributed by atoms with Gasteiger partial charge in [-0.1, -0.05) is 108 Å². The molecule has 76 heavy (non-hydrogen) atoms. The SMILES string of the molecule is C=C1[C@@H](O)[C@@H]2O[C@]3(CC[C@H](C=C[C@@H](C)[C@@H]4CC(C)=C[C@@]5(O[C@H](C[C@@](C)(O)C(=O)O)CC[C@H]5OC(=O)CCCCCCC/C=C\C/C=C\CCCCC)O4)O3)CC[C@H]2O[C@@H]1[C@@H](O)C[C@H](C)[C@@H]1CCC[C@@]2(OCCC[C@H]2C)O1. The predicted octanol–water partition coefficient (Wildman–Crippen LogP) is 11.6. The van der Waals surface area contributed by atoms with Gasteiger partial charge in [-0.3, -0.25) is 4.79 Å². The Kier molecular flexibility index (Phi) is 22.5. The molecule has 14 nitrogen and oxygen atoms in total. The van der Waals surface area contributed by atoms with Crippen LogP contribution < -0.4 is 0 Å². The molecule has 0 aliphatic carbocycles. The number of unbranched alkanes of at least 4 members (excludes halogenated alkanes) is 8. The predicted molar refractivity (Wildman–Crippen MR) is 291 cm³/mol. The van der Waals surface area contributed by atoms with Gasteiger partial charge in [-0.25, -0.2) is 4.79 Å². The molecule has 0 bridgehead atoms. The van der Waals surface area contributed by atoms with Gasteiger partial charge in [0.25, 0.3) is 0 Å². The first kappa shape index (κ1) is 60.9. The molecule has 430 valence electrons. The van der Waals surface area contributed by atoms with Crippen LogP contribution in [-0.4, -0.2) is 123 Å². The van der Waals surface area contributed by atoms with E-state index in [1.807, 2.05) is 13.0 Å². The number of carbonyl (C=O) groups excluding carboxylic acids is 1. The molecular formula is C62H98O14. The van der Waals surface area contributed by atoms with Crippen molar-refractivity contribution in [2.75, 3.05) is 6.61 Å². The summed E-state index contributed by atoms with van der Waals surface area (Å²) in [5, 5.41) is 43.9. The van der Waals surface area contributed by atoms with Gasteiger partial charge in [0, 0.05) is 43.9 Å². The van der Waals surface area contributed by atoms with E-state index in [0.717, 1.165) is 89.0 Å². The minimum atomic E-state index is -2.01. The van der Waals surface area contributed by atoms with Crippen LogP contribution >= 0.6 is 0 Å². The maximum absolute atomic E-state index is 13.5. The lowest BCUT2D eigenvalue weighted by Gasteiger charge is -2.50. The highest BCUT2D eigenvalue weighted by Crippen LogP contribution is 2.48. The molecule has 3 spiro atoms. The monoisotopic (exact) mass is 1070 g/mol. The summed E-state index contributed by atoms with van der Waals surface area (Å²) in [6, 6.07) is 0. The van der Waals surface area contributed by atoms with Crippen LogP contribution in [0.3, 0.4) is 0 Å². The summed E-state index contributed by atoms with van der Waals surface area (Å²) in [6.07, 6.45) is 30.6. The third-order valence-corrected chi connectivity index (χ3v) is 17.7. The number of carboxylic acid groups (broad SMARTS) is 1. The molecule has 0 amide bonds. The van der Waals surface area contributed by atoms with Crippen LogP contribution in [-0.2, 0) is 47.5 Å². The van der Waals surface area contributed by atoms with Gasteiger partial charge in [0.15, 0.2) is 23.3 Å². The third-order valence-electron chi connectivity index (χ3n) is 17.7. The quantitative estimate of drug-likeness (QED) is 0.0384. The molecule has 7 rings (SSSR count). The molecule has 0 aromatic rings. The summed E-state index contributed by atoms with van der Waals surface area (Å²) >= 11 is 0. The summed E-state index contributed by atoms with van der Waals surface area (Å²) in [5.74, 6) is -4.31. The Morgan fingerprint density at radius 2 is 1.62 bits per heavy atom. The fraction of sp³-hybridized carbons (Fsp3) is 0.806. The van der Waals surface area contributed by atoms with E-state index in [9.17, 15) is 30.0 Å². The van der Waals surface area contributed by atoms with Crippen molar-refractivity contribution < 1.29 is 67.9 Å². The molecule has 0 aromatic carbocycles. The van der Waals surface area contributed by atoms with Gasteiger partial charge in [-0.2, -0.15) is 0 Å². The van der Waals surface area contributed by atoms with Crippen LogP contribution in [0.15, 0.2) is 60.3 Å². The standard InChI is InChI=1S/C62H98O14/c1-8-9-10-11-12-13-14-15-16-17-18-19-20-21-22-27-54(64)71-53-31-30-48(41-59(7,68)58(66)67)73-62(53)40-42(2)38-52(75-62)43(3)28-29-47-32-35-60(72-47)36-33-51-57(76-60)55(65)46(6)56(70-51)49(63)39-44(4)50-26-23-34-61(74-50)45(5)25-24-37-69-61/h12-13,15-16,28-29,40,43-45,47-53,55-57,63,65,68H,6,8-11,14,17-27,30-39,41H2,1-5,7H3,(H,66,67)/b13-12-,16-15-,29-28?/t43-,44+,45-,47+,48+,49+,50+,51-,52+,53-,55-,56+,57-,59-,60-,61-,62-/m1/s1. The Labute approximate surface area is 455 Å². The van der Waals surface area contributed by atoms with Crippen molar-refractivity contribution in [3.8, 4) is 0 Å². The number of hydrogen-bond donors (Lipinski definition) is 4. The van der Waals surface area contributed by atoms with E-state index >= 15 is 0 Å². The minimum absolute atomic E-state index is 0.0383. The smallest absolute Gasteiger partial charge is 0.335 e. The minimum Gasteiger partial charge on any atom is -0.479 e. The molecule has 0 radical (unpaired) electrons. The van der Waals surface area contributed by atoms with Gasteiger partial charge in [0.05, 0.1) is 43.2 Å². The second-order valence-corrected chi connectivity index (χ2v) is 24.3. The Bertz CT molecular complexity index is 1990. The van der Waals surface area contributed by atoms with E-state index < -0.39 is 71.7 Å². The fourth-order valence-corrected chi connectivity index (χ4v) is 12.9. The first-order valence-electron chi connectivity index (χ1n) is 29.9. The molecule has 0 saturated carbocycles. The number of aliphatic hydroxyl groups is 3. The van der Waals surface area contributed by atoms with Crippen molar-refractivity contribution in [2.45, 2.75) is 292 Å². The van der Waals surface area contributed by atoms with Gasteiger partial charge >= 0.3 is 11.9 Å². The fourth-order valence-electron chi connectivity index (χ4n) is 12.9. The molecule has 7 heterocycles. The normalized spacial score (nSPS) is 37.2. The summed E-state index contributed by atoms with van der Waals surface area (Å²) in [6.45, 7) is 16.8. The zero-order valence-electron chi connectivity index (χ0n) is 47.2.